The fourth-order valence-corrected chi connectivity index (χ4v) is 4.41. The Labute approximate surface area is 213 Å². The van der Waals surface area contributed by atoms with Crippen LogP contribution in [0.1, 0.15) is 35.0 Å². The average molecular weight is 510 g/mol. The number of hydrogen-bond acceptors (Lipinski definition) is 8. The number of amides is 1. The minimum absolute atomic E-state index is 0.226. The van der Waals surface area contributed by atoms with E-state index in [2.05, 4.69) is 30.4 Å². The van der Waals surface area contributed by atoms with Crippen LogP contribution in [0, 0.1) is 31.0 Å². The van der Waals surface area contributed by atoms with E-state index in [1.165, 1.54) is 12.1 Å². The van der Waals surface area contributed by atoms with Crippen molar-refractivity contribution in [2.45, 2.75) is 26.3 Å². The number of halogens is 2. The molecule has 1 amide bonds. The van der Waals surface area contributed by atoms with Crippen molar-refractivity contribution in [3.63, 3.8) is 0 Å². The number of anilines is 1. The molecule has 186 valence electrons. The van der Waals surface area contributed by atoms with Gasteiger partial charge in [0, 0.05) is 57.1 Å². The second-order valence-electron chi connectivity index (χ2n) is 8.33. The second-order valence-corrected chi connectivity index (χ2v) is 8.71. The van der Waals surface area contributed by atoms with Crippen molar-refractivity contribution in [2.24, 2.45) is 5.10 Å². The molecule has 1 saturated heterocycles. The van der Waals surface area contributed by atoms with E-state index in [-0.39, 0.29) is 11.6 Å². The van der Waals surface area contributed by atoms with Crippen LogP contribution in [0.15, 0.2) is 35.6 Å². The Morgan fingerprint density at radius 3 is 2.72 bits per heavy atom. The maximum Gasteiger partial charge on any atom is 0.227 e. The van der Waals surface area contributed by atoms with Crippen LogP contribution in [0.2, 0.25) is 5.02 Å². The van der Waals surface area contributed by atoms with Gasteiger partial charge in [-0.1, -0.05) is 11.6 Å². The van der Waals surface area contributed by atoms with Gasteiger partial charge in [-0.25, -0.2) is 14.1 Å². The SMILES string of the molecule is Cc1nn(-c2ccnc(N3CCN(C(C/C=N\NC=O)c4cc(F)cc(C#N)c4)CC3)n2)c(C)c1Cl. The van der Waals surface area contributed by atoms with Crippen molar-refractivity contribution in [1.29, 1.82) is 5.26 Å². The summed E-state index contributed by atoms with van der Waals surface area (Å²) in [4.78, 5) is 24.0. The molecule has 1 atom stereocenters. The van der Waals surface area contributed by atoms with Crippen molar-refractivity contribution in [2.75, 3.05) is 31.1 Å². The maximum atomic E-state index is 14.2. The summed E-state index contributed by atoms with van der Waals surface area (Å²) in [6.45, 7) is 6.32. The Hall–Kier alpha value is -3.88. The van der Waals surface area contributed by atoms with Crippen LogP contribution in [-0.2, 0) is 4.79 Å². The molecule has 1 aliphatic heterocycles. The summed E-state index contributed by atoms with van der Waals surface area (Å²) >= 11 is 6.30. The lowest BCUT2D eigenvalue weighted by molar-refractivity contribution is -0.109. The van der Waals surface area contributed by atoms with Gasteiger partial charge in [0.2, 0.25) is 12.4 Å². The highest BCUT2D eigenvalue weighted by Gasteiger charge is 2.27. The topological polar surface area (TPSA) is 115 Å². The normalized spacial score (nSPS) is 15.1. The maximum absolute atomic E-state index is 14.2. The van der Waals surface area contributed by atoms with Crippen LogP contribution in [0.25, 0.3) is 5.82 Å². The predicted octanol–water partition coefficient (Wildman–Crippen LogP) is 2.93. The molecule has 0 spiro atoms. The van der Waals surface area contributed by atoms with E-state index in [4.69, 9.17) is 16.6 Å². The lowest BCUT2D eigenvalue weighted by Crippen LogP contribution is -2.48. The van der Waals surface area contributed by atoms with Gasteiger partial charge >= 0.3 is 0 Å². The largest absolute Gasteiger partial charge is 0.338 e. The zero-order valence-electron chi connectivity index (χ0n) is 19.9. The first kappa shape index (κ1) is 25.2. The van der Waals surface area contributed by atoms with Crippen molar-refractivity contribution in [1.82, 2.24) is 30.1 Å². The highest BCUT2D eigenvalue weighted by Crippen LogP contribution is 2.28. The van der Waals surface area contributed by atoms with Crippen LogP contribution < -0.4 is 10.3 Å². The van der Waals surface area contributed by atoms with Crippen LogP contribution in [0.4, 0.5) is 10.3 Å². The Kier molecular flexibility index (Phi) is 7.87. The minimum atomic E-state index is -0.467. The summed E-state index contributed by atoms with van der Waals surface area (Å²) in [5, 5.41) is 18.2. The summed E-state index contributed by atoms with van der Waals surface area (Å²) in [6, 6.07) is 7.90. The molecule has 1 unspecified atom stereocenters. The monoisotopic (exact) mass is 509 g/mol. The molecular weight excluding hydrogens is 485 g/mol. The number of carbonyl (C=O) groups excluding carboxylic acids is 1. The molecule has 10 nitrogen and oxygen atoms in total. The highest BCUT2D eigenvalue weighted by molar-refractivity contribution is 6.31. The molecule has 2 aromatic heterocycles. The first-order chi connectivity index (χ1) is 17.4. The number of benzene rings is 1. The average Bonchev–Trinajstić information content (AvgIpc) is 3.15. The van der Waals surface area contributed by atoms with Crippen molar-refractivity contribution in [3.05, 3.63) is 63.8 Å². The number of nitrogens with zero attached hydrogens (tertiary/aromatic N) is 8. The molecule has 1 fully saturated rings. The number of rotatable bonds is 8. The fourth-order valence-electron chi connectivity index (χ4n) is 4.29. The van der Waals surface area contributed by atoms with Crippen LogP contribution in [0.3, 0.4) is 0 Å². The van der Waals surface area contributed by atoms with Gasteiger partial charge in [-0.15, -0.1) is 0 Å². The number of carbonyl (C=O) groups is 1. The van der Waals surface area contributed by atoms with Crippen molar-refractivity contribution >= 4 is 30.2 Å². The number of nitrogens with one attached hydrogen (secondary N) is 1. The summed E-state index contributed by atoms with van der Waals surface area (Å²) in [5.74, 6) is 0.752. The molecule has 3 heterocycles. The Morgan fingerprint density at radius 1 is 1.28 bits per heavy atom. The predicted molar refractivity (Wildman–Crippen MR) is 134 cm³/mol. The molecule has 12 heteroatoms. The van der Waals surface area contributed by atoms with Crippen molar-refractivity contribution < 1.29 is 9.18 Å². The third kappa shape index (κ3) is 5.50. The van der Waals surface area contributed by atoms with Gasteiger partial charge in [-0.2, -0.15) is 20.4 Å². The van der Waals surface area contributed by atoms with Crippen LogP contribution >= 0.6 is 11.6 Å². The smallest absolute Gasteiger partial charge is 0.227 e. The van der Waals surface area contributed by atoms with E-state index in [0.29, 0.717) is 61.4 Å². The van der Waals surface area contributed by atoms with E-state index in [1.807, 2.05) is 19.9 Å². The Balaban J connectivity index is 1.52. The molecule has 1 N–H and O–H groups in total. The number of aryl methyl sites for hydroxylation is 1. The third-order valence-electron chi connectivity index (χ3n) is 6.07. The number of hydrogen-bond donors (Lipinski definition) is 1. The van der Waals surface area contributed by atoms with Gasteiger partial charge in [0.15, 0.2) is 5.82 Å². The molecule has 0 bridgehead atoms. The summed E-state index contributed by atoms with van der Waals surface area (Å²) in [5.41, 5.74) is 4.73. The van der Waals surface area contributed by atoms with E-state index < -0.39 is 5.82 Å². The van der Waals surface area contributed by atoms with E-state index in [1.54, 1.807) is 29.2 Å². The standard InChI is InChI=1S/C24H25ClFN9O/c1-16-23(25)17(2)35(32-16)22-4-5-28-24(31-22)34-9-7-33(8-10-34)21(3-6-29-30-15-36)19-11-18(14-27)12-20(26)13-19/h4-6,11-13,15,21H,3,7-10H2,1-2H3,(H,30,36)/b29-6-. The van der Waals surface area contributed by atoms with E-state index in [9.17, 15) is 14.4 Å². The number of nitriles is 1. The second kappa shape index (κ2) is 11.2. The van der Waals surface area contributed by atoms with Gasteiger partial charge in [0.05, 0.1) is 28.0 Å². The lowest BCUT2D eigenvalue weighted by Gasteiger charge is -2.39. The quantitative estimate of drug-likeness (QED) is 0.282. The summed E-state index contributed by atoms with van der Waals surface area (Å²) in [7, 11) is 0. The van der Waals surface area contributed by atoms with Crippen LogP contribution in [0.5, 0.6) is 0 Å². The first-order valence-electron chi connectivity index (χ1n) is 11.4. The molecule has 36 heavy (non-hydrogen) atoms. The van der Waals surface area contributed by atoms with Gasteiger partial charge in [-0.3, -0.25) is 15.1 Å². The summed E-state index contributed by atoms with van der Waals surface area (Å²) in [6.07, 6.45) is 4.19. The Bertz CT molecular complexity index is 1310. The summed E-state index contributed by atoms with van der Waals surface area (Å²) < 4.78 is 15.9. The van der Waals surface area contributed by atoms with Gasteiger partial charge in [-0.05, 0) is 37.6 Å². The van der Waals surface area contributed by atoms with Gasteiger partial charge in [0.1, 0.15) is 5.82 Å². The third-order valence-corrected chi connectivity index (χ3v) is 6.61. The van der Waals surface area contributed by atoms with Gasteiger partial charge in [0.25, 0.3) is 0 Å². The molecule has 4 rings (SSSR count). The van der Waals surface area contributed by atoms with E-state index in [0.717, 1.165) is 11.4 Å². The molecule has 1 aromatic carbocycles. The lowest BCUT2D eigenvalue weighted by atomic mass is 9.99. The van der Waals surface area contributed by atoms with Crippen molar-refractivity contribution in [3.8, 4) is 11.9 Å². The molecule has 0 saturated carbocycles. The zero-order chi connectivity index (χ0) is 25.7. The number of hydrazone groups is 1. The number of piperazine rings is 1. The molecular formula is C24H25ClFN9O. The molecule has 0 radical (unpaired) electrons. The van der Waals surface area contributed by atoms with E-state index >= 15 is 0 Å². The van der Waals surface area contributed by atoms with Crippen LogP contribution in [-0.4, -0.2) is 63.5 Å². The first-order valence-corrected chi connectivity index (χ1v) is 11.7. The Morgan fingerprint density at radius 2 is 2.06 bits per heavy atom. The zero-order valence-corrected chi connectivity index (χ0v) is 20.7. The number of aromatic nitrogens is 4. The molecule has 3 aromatic rings. The molecule has 0 aliphatic carbocycles. The minimum Gasteiger partial charge on any atom is -0.338 e. The highest BCUT2D eigenvalue weighted by atomic mass is 35.5. The molecule has 1 aliphatic rings. The fraction of sp³-hybridized carbons (Fsp3) is 0.333. The van der Waals surface area contributed by atoms with Gasteiger partial charge < -0.3 is 4.90 Å².